The van der Waals surface area contributed by atoms with E-state index in [1.54, 1.807) is 12.1 Å². The third kappa shape index (κ3) is 4.04. The first-order valence-corrected chi connectivity index (χ1v) is 11.2. The fraction of sp³-hybridized carbons (Fsp3) is 0.333. The fourth-order valence-electron chi connectivity index (χ4n) is 4.27. The molecule has 0 amide bonds. The molecular weight excluding hydrogens is 428 g/mol. The summed E-state index contributed by atoms with van der Waals surface area (Å²) in [7, 11) is 0. The van der Waals surface area contributed by atoms with Crippen molar-refractivity contribution in [1.29, 1.82) is 0 Å². The molecule has 7 nitrogen and oxygen atoms in total. The molecule has 9 heteroatoms. The SMILES string of the molecule is CC.FC1(F)Oc2ccc(-c3c[nH]c4ncc(-c5cnn(C6CCNCC6)c5)cc34)cc2O1. The normalized spacial score (nSPS) is 17.1. The van der Waals surface area contributed by atoms with Gasteiger partial charge in [0.15, 0.2) is 11.5 Å². The molecule has 0 aliphatic carbocycles. The maximum absolute atomic E-state index is 13.4. The number of aromatic amines is 1. The second-order valence-corrected chi connectivity index (χ2v) is 7.84. The number of halogens is 2. The van der Waals surface area contributed by atoms with Crippen molar-refractivity contribution in [3.8, 4) is 33.8 Å². The lowest BCUT2D eigenvalue weighted by Gasteiger charge is -2.22. The molecule has 5 heterocycles. The van der Waals surface area contributed by atoms with E-state index >= 15 is 0 Å². The first kappa shape index (κ1) is 21.4. The Bertz CT molecular complexity index is 1280. The average Bonchev–Trinajstić information content (AvgIpc) is 3.55. The van der Waals surface area contributed by atoms with Crippen LogP contribution in [0.2, 0.25) is 0 Å². The summed E-state index contributed by atoms with van der Waals surface area (Å²) in [5.41, 5.74) is 4.23. The maximum atomic E-state index is 13.4. The van der Waals surface area contributed by atoms with Gasteiger partial charge in [-0.1, -0.05) is 19.9 Å². The van der Waals surface area contributed by atoms with Crippen LogP contribution in [0.5, 0.6) is 11.5 Å². The van der Waals surface area contributed by atoms with Crippen LogP contribution in [0.1, 0.15) is 32.7 Å². The molecule has 6 rings (SSSR count). The van der Waals surface area contributed by atoms with Gasteiger partial charge in [-0.05, 0) is 49.7 Å². The number of alkyl halides is 2. The molecule has 0 unspecified atom stereocenters. The number of benzene rings is 1. The molecule has 1 fully saturated rings. The van der Waals surface area contributed by atoms with Crippen molar-refractivity contribution in [1.82, 2.24) is 25.1 Å². The first-order chi connectivity index (χ1) is 16.1. The van der Waals surface area contributed by atoms with Crippen molar-refractivity contribution in [2.75, 3.05) is 13.1 Å². The third-order valence-electron chi connectivity index (χ3n) is 5.86. The highest BCUT2D eigenvalue weighted by Crippen LogP contribution is 2.44. The van der Waals surface area contributed by atoms with Crippen LogP contribution in [0.4, 0.5) is 8.78 Å². The Morgan fingerprint density at radius 3 is 2.61 bits per heavy atom. The predicted octanol–water partition coefficient (Wildman–Crippen LogP) is 5.37. The predicted molar refractivity (Wildman–Crippen MR) is 121 cm³/mol. The van der Waals surface area contributed by atoms with Crippen LogP contribution in [0.3, 0.4) is 0 Å². The summed E-state index contributed by atoms with van der Waals surface area (Å²) in [6.45, 7) is 6.00. The number of piperidine rings is 1. The number of H-pyrrole nitrogens is 1. The number of fused-ring (bicyclic) bond motifs is 2. The lowest BCUT2D eigenvalue weighted by Crippen LogP contribution is -2.29. The van der Waals surface area contributed by atoms with Gasteiger partial charge in [0.2, 0.25) is 0 Å². The van der Waals surface area contributed by atoms with Crippen molar-refractivity contribution in [2.45, 2.75) is 39.0 Å². The van der Waals surface area contributed by atoms with Gasteiger partial charge in [0.1, 0.15) is 5.65 Å². The molecule has 0 bridgehead atoms. The van der Waals surface area contributed by atoms with Crippen LogP contribution in [0.15, 0.2) is 49.1 Å². The van der Waals surface area contributed by atoms with Gasteiger partial charge < -0.3 is 19.8 Å². The summed E-state index contributed by atoms with van der Waals surface area (Å²) in [5.74, 6) is 0.0435. The minimum Gasteiger partial charge on any atom is -0.395 e. The van der Waals surface area contributed by atoms with Crippen molar-refractivity contribution >= 4 is 11.0 Å². The van der Waals surface area contributed by atoms with E-state index in [9.17, 15) is 8.78 Å². The Balaban J connectivity index is 0.00000111. The molecule has 172 valence electrons. The lowest BCUT2D eigenvalue weighted by molar-refractivity contribution is -0.286. The topological polar surface area (TPSA) is 77.0 Å². The highest BCUT2D eigenvalue weighted by molar-refractivity contribution is 5.96. The minimum absolute atomic E-state index is 0.0178. The highest BCUT2D eigenvalue weighted by atomic mass is 19.3. The van der Waals surface area contributed by atoms with Gasteiger partial charge in [-0.3, -0.25) is 4.68 Å². The maximum Gasteiger partial charge on any atom is 0.586 e. The zero-order chi connectivity index (χ0) is 23.0. The van der Waals surface area contributed by atoms with Gasteiger partial charge >= 0.3 is 6.29 Å². The Hall–Kier alpha value is -3.46. The second-order valence-electron chi connectivity index (χ2n) is 7.84. The Labute approximate surface area is 189 Å². The largest absolute Gasteiger partial charge is 0.586 e. The van der Waals surface area contributed by atoms with E-state index in [-0.39, 0.29) is 11.5 Å². The summed E-state index contributed by atoms with van der Waals surface area (Å²) in [6.07, 6.45) is 6.04. The van der Waals surface area contributed by atoms with Gasteiger partial charge in [-0.2, -0.15) is 5.10 Å². The molecule has 3 aromatic heterocycles. The van der Waals surface area contributed by atoms with Crippen molar-refractivity contribution in [3.05, 3.63) is 49.1 Å². The van der Waals surface area contributed by atoms with E-state index in [1.807, 2.05) is 43.2 Å². The molecule has 0 atom stereocenters. The minimum atomic E-state index is -3.63. The lowest BCUT2D eigenvalue weighted by atomic mass is 10.0. The molecule has 0 spiro atoms. The Morgan fingerprint density at radius 1 is 1.00 bits per heavy atom. The Kier molecular flexibility index (Phi) is 5.49. The van der Waals surface area contributed by atoms with E-state index < -0.39 is 6.29 Å². The molecule has 2 aliphatic rings. The molecule has 1 saturated heterocycles. The summed E-state index contributed by atoms with van der Waals surface area (Å²) in [6, 6.07) is 7.22. The summed E-state index contributed by atoms with van der Waals surface area (Å²) >= 11 is 0. The van der Waals surface area contributed by atoms with E-state index in [2.05, 4.69) is 36.1 Å². The van der Waals surface area contributed by atoms with Crippen LogP contribution in [-0.4, -0.2) is 39.1 Å². The smallest absolute Gasteiger partial charge is 0.395 e. The average molecular weight is 453 g/mol. The number of ether oxygens (including phenoxy) is 2. The number of rotatable bonds is 3. The van der Waals surface area contributed by atoms with Gasteiger partial charge in [0, 0.05) is 40.7 Å². The number of pyridine rings is 1. The quantitative estimate of drug-likeness (QED) is 0.436. The van der Waals surface area contributed by atoms with Crippen molar-refractivity contribution in [3.63, 3.8) is 0 Å². The first-order valence-electron chi connectivity index (χ1n) is 11.2. The van der Waals surface area contributed by atoms with E-state index in [0.29, 0.717) is 11.7 Å². The van der Waals surface area contributed by atoms with Gasteiger partial charge in [0.05, 0.1) is 12.2 Å². The molecule has 2 N–H and O–H groups in total. The van der Waals surface area contributed by atoms with E-state index in [1.165, 1.54) is 6.07 Å². The van der Waals surface area contributed by atoms with Crippen molar-refractivity contribution in [2.24, 2.45) is 0 Å². The molecule has 0 radical (unpaired) electrons. The highest BCUT2D eigenvalue weighted by Gasteiger charge is 2.43. The van der Waals surface area contributed by atoms with Crippen LogP contribution in [0, 0.1) is 0 Å². The number of aromatic nitrogens is 4. The monoisotopic (exact) mass is 453 g/mol. The van der Waals surface area contributed by atoms with Gasteiger partial charge in [-0.15, -0.1) is 8.78 Å². The summed E-state index contributed by atoms with van der Waals surface area (Å²) in [5, 5.41) is 8.83. The standard InChI is InChI=1S/C22H19F2N5O2.C2H6/c23-22(24)30-19-2-1-13(8-20(19)31-22)18-11-27-21-17(18)7-14(9-26-21)15-10-28-29(12-15)16-3-5-25-6-4-16;1-2/h1-2,7-12,16,25H,3-6H2,(H,26,27);1-2H3. The van der Waals surface area contributed by atoms with Crippen molar-refractivity contribution < 1.29 is 18.3 Å². The van der Waals surface area contributed by atoms with Crippen LogP contribution in [-0.2, 0) is 0 Å². The van der Waals surface area contributed by atoms with E-state index in [0.717, 1.165) is 53.6 Å². The second kappa shape index (κ2) is 8.47. The summed E-state index contributed by atoms with van der Waals surface area (Å²) < 4.78 is 37.9. The molecule has 1 aromatic carbocycles. The van der Waals surface area contributed by atoms with E-state index in [4.69, 9.17) is 0 Å². The zero-order valence-corrected chi connectivity index (χ0v) is 18.4. The van der Waals surface area contributed by atoms with Gasteiger partial charge in [0.25, 0.3) is 0 Å². The summed E-state index contributed by atoms with van der Waals surface area (Å²) in [4.78, 5) is 7.69. The van der Waals surface area contributed by atoms with Crippen LogP contribution >= 0.6 is 0 Å². The third-order valence-corrected chi connectivity index (χ3v) is 5.86. The number of nitrogens with one attached hydrogen (secondary N) is 2. The molecule has 2 aliphatic heterocycles. The molecular formula is C24H25F2N5O2. The fourth-order valence-corrected chi connectivity index (χ4v) is 4.27. The number of nitrogens with zero attached hydrogens (tertiary/aromatic N) is 3. The molecule has 4 aromatic rings. The van der Waals surface area contributed by atoms with Crippen LogP contribution in [0.25, 0.3) is 33.3 Å². The number of hydrogen-bond acceptors (Lipinski definition) is 5. The van der Waals surface area contributed by atoms with Crippen LogP contribution < -0.4 is 14.8 Å². The molecule has 0 saturated carbocycles. The van der Waals surface area contributed by atoms with Gasteiger partial charge in [-0.25, -0.2) is 4.98 Å². The molecule has 33 heavy (non-hydrogen) atoms. The zero-order valence-electron chi connectivity index (χ0n) is 18.4. The Morgan fingerprint density at radius 2 is 1.79 bits per heavy atom. The number of hydrogen-bond donors (Lipinski definition) is 2.